The summed E-state index contributed by atoms with van der Waals surface area (Å²) in [7, 11) is 0. The zero-order valence-corrected chi connectivity index (χ0v) is 17.3. The highest BCUT2D eigenvalue weighted by molar-refractivity contribution is 5.82. The van der Waals surface area contributed by atoms with Gasteiger partial charge in [0, 0.05) is 0 Å². The smallest absolute Gasteiger partial charge is 0.434 e. The van der Waals surface area contributed by atoms with Crippen molar-refractivity contribution >= 4 is 17.9 Å². The number of rotatable bonds is 9. The van der Waals surface area contributed by atoms with Crippen LogP contribution >= 0.6 is 0 Å². The number of hydrogen-bond donors (Lipinski definition) is 0. The quantitative estimate of drug-likeness (QED) is 0.268. The van der Waals surface area contributed by atoms with Crippen LogP contribution < -0.4 is 0 Å². The normalized spacial score (nSPS) is 15.2. The molecule has 0 fully saturated rings. The Morgan fingerprint density at radius 3 is 1.62 bits per heavy atom. The van der Waals surface area contributed by atoms with E-state index in [1.165, 1.54) is 13.8 Å². The van der Waals surface area contributed by atoms with Crippen LogP contribution in [0.5, 0.6) is 0 Å². The maximum atomic E-state index is 12.4. The van der Waals surface area contributed by atoms with Crippen LogP contribution in [0.15, 0.2) is 0 Å². The summed E-state index contributed by atoms with van der Waals surface area (Å²) in [4.78, 5) is 35.6. The number of halogens is 9. The van der Waals surface area contributed by atoms with Crippen LogP contribution in [-0.4, -0.2) is 55.8 Å². The van der Waals surface area contributed by atoms with E-state index in [0.29, 0.717) is 0 Å². The second kappa shape index (κ2) is 10.1. The number of ether oxygens (including phenoxy) is 3. The van der Waals surface area contributed by atoms with Gasteiger partial charge < -0.3 is 14.2 Å². The minimum atomic E-state index is -5.96. The largest absolute Gasteiger partial charge is 0.456 e. The van der Waals surface area contributed by atoms with Gasteiger partial charge >= 0.3 is 36.4 Å². The van der Waals surface area contributed by atoms with Gasteiger partial charge in [0.05, 0.1) is 10.8 Å². The molecule has 6 nitrogen and oxygen atoms in total. The molecule has 0 aromatic heterocycles. The summed E-state index contributed by atoms with van der Waals surface area (Å²) in [5, 5.41) is 0. The van der Waals surface area contributed by atoms with E-state index in [2.05, 4.69) is 14.2 Å². The summed E-state index contributed by atoms with van der Waals surface area (Å²) in [6.07, 6.45) is -21.7. The third-order valence-electron chi connectivity index (χ3n) is 4.19. The summed E-state index contributed by atoms with van der Waals surface area (Å²) in [5.74, 6) is -4.76. The molecule has 32 heavy (non-hydrogen) atoms. The number of carbonyl (C=O) groups is 3. The van der Waals surface area contributed by atoms with E-state index in [1.54, 1.807) is 0 Å². The minimum absolute atomic E-state index is 0.0959. The molecule has 0 rings (SSSR count). The molecule has 0 aliphatic heterocycles. The summed E-state index contributed by atoms with van der Waals surface area (Å²) in [5.41, 5.74) is -3.33. The highest BCUT2D eigenvalue weighted by atomic mass is 19.4. The van der Waals surface area contributed by atoms with Gasteiger partial charge in [-0.3, -0.25) is 9.59 Å². The Balaban J connectivity index is 5.13. The molecule has 188 valence electrons. The van der Waals surface area contributed by atoms with Crippen molar-refractivity contribution in [3.05, 3.63) is 0 Å². The van der Waals surface area contributed by atoms with Gasteiger partial charge in [-0.25, -0.2) is 4.79 Å². The fraction of sp³-hybridized carbons (Fsp3) is 0.824. The van der Waals surface area contributed by atoms with Crippen LogP contribution in [0.2, 0.25) is 0 Å². The Morgan fingerprint density at radius 1 is 0.781 bits per heavy atom. The molecule has 0 saturated heterocycles. The van der Waals surface area contributed by atoms with Crippen molar-refractivity contribution < 1.29 is 68.1 Å². The molecule has 1 atom stereocenters. The molecule has 0 aliphatic rings. The molecule has 0 amide bonds. The molecule has 0 radical (unpaired) electrons. The van der Waals surface area contributed by atoms with Crippen LogP contribution in [0.25, 0.3) is 0 Å². The molecular weight excluding hydrogens is 471 g/mol. The average Bonchev–Trinajstić information content (AvgIpc) is 2.58. The summed E-state index contributed by atoms with van der Waals surface area (Å²) in [6.45, 7) is 1.39. The van der Waals surface area contributed by atoms with Crippen LogP contribution in [-0.2, 0) is 28.6 Å². The lowest BCUT2D eigenvalue weighted by molar-refractivity contribution is -0.313. The van der Waals surface area contributed by atoms with Gasteiger partial charge in [-0.1, -0.05) is 6.92 Å². The monoisotopic (exact) mass is 492 g/mol. The topological polar surface area (TPSA) is 78.9 Å². The van der Waals surface area contributed by atoms with Crippen molar-refractivity contribution in [3.63, 3.8) is 0 Å². The maximum absolute atomic E-state index is 12.4. The molecule has 0 saturated carbocycles. The van der Waals surface area contributed by atoms with Gasteiger partial charge in [-0.05, 0) is 33.6 Å². The number of esters is 3. The molecular formula is C17H21F9O6. The Kier molecular flexibility index (Phi) is 9.45. The first kappa shape index (κ1) is 29.8. The Morgan fingerprint density at radius 2 is 1.25 bits per heavy atom. The SMILES string of the molecule is CCC(C)(CC(C)(C)C(=O)OCC(=O)OC(C(F)(F)F)C(F)(F)F)C(=O)OCC(F)(F)F. The lowest BCUT2D eigenvalue weighted by Gasteiger charge is -2.33. The highest BCUT2D eigenvalue weighted by Crippen LogP contribution is 2.39. The Hall–Kier alpha value is -2.22. The molecule has 0 aromatic carbocycles. The van der Waals surface area contributed by atoms with Gasteiger partial charge in [0.1, 0.15) is 0 Å². The van der Waals surface area contributed by atoms with Crippen molar-refractivity contribution in [3.8, 4) is 0 Å². The summed E-state index contributed by atoms with van der Waals surface area (Å²) < 4.78 is 123. The van der Waals surface area contributed by atoms with Gasteiger partial charge in [0.25, 0.3) is 6.10 Å². The van der Waals surface area contributed by atoms with E-state index >= 15 is 0 Å². The zero-order chi connectivity index (χ0) is 25.8. The van der Waals surface area contributed by atoms with Gasteiger partial charge in [-0.2, -0.15) is 39.5 Å². The number of hydrogen-bond acceptors (Lipinski definition) is 6. The van der Waals surface area contributed by atoms with Crippen molar-refractivity contribution in [2.75, 3.05) is 13.2 Å². The fourth-order valence-corrected chi connectivity index (χ4v) is 2.52. The van der Waals surface area contributed by atoms with E-state index in [-0.39, 0.29) is 6.42 Å². The van der Waals surface area contributed by atoms with Crippen molar-refractivity contribution in [1.29, 1.82) is 0 Å². The van der Waals surface area contributed by atoms with Crippen LogP contribution in [0, 0.1) is 10.8 Å². The van der Waals surface area contributed by atoms with Crippen LogP contribution in [0.1, 0.15) is 40.5 Å². The predicted molar refractivity (Wildman–Crippen MR) is 86.8 cm³/mol. The Labute approximate surface area is 176 Å². The third kappa shape index (κ3) is 9.51. The molecule has 0 heterocycles. The number of alkyl halides is 9. The van der Waals surface area contributed by atoms with Gasteiger partial charge in [-0.15, -0.1) is 0 Å². The van der Waals surface area contributed by atoms with E-state index in [4.69, 9.17) is 0 Å². The summed E-state index contributed by atoms with van der Waals surface area (Å²) >= 11 is 0. The molecule has 0 aliphatic carbocycles. The second-order valence-electron chi connectivity index (χ2n) is 7.70. The first-order valence-corrected chi connectivity index (χ1v) is 8.79. The zero-order valence-electron chi connectivity index (χ0n) is 17.3. The lowest BCUT2D eigenvalue weighted by Crippen LogP contribution is -2.46. The fourth-order valence-electron chi connectivity index (χ4n) is 2.52. The van der Waals surface area contributed by atoms with E-state index in [1.807, 2.05) is 0 Å². The average molecular weight is 492 g/mol. The van der Waals surface area contributed by atoms with Gasteiger partial charge in [0.15, 0.2) is 13.2 Å². The lowest BCUT2D eigenvalue weighted by atomic mass is 9.72. The first-order chi connectivity index (χ1) is 14.0. The van der Waals surface area contributed by atoms with Crippen molar-refractivity contribution in [2.45, 2.75) is 65.2 Å². The first-order valence-electron chi connectivity index (χ1n) is 8.79. The Bertz CT molecular complexity index is 667. The van der Waals surface area contributed by atoms with E-state index in [0.717, 1.165) is 13.8 Å². The summed E-state index contributed by atoms with van der Waals surface area (Å²) in [6, 6.07) is 0. The van der Waals surface area contributed by atoms with Crippen LogP contribution in [0.3, 0.4) is 0 Å². The molecule has 0 N–H and O–H groups in total. The molecule has 15 heteroatoms. The van der Waals surface area contributed by atoms with Crippen molar-refractivity contribution in [1.82, 2.24) is 0 Å². The van der Waals surface area contributed by atoms with E-state index < -0.39 is 73.0 Å². The molecule has 0 aromatic rings. The molecule has 1 unspecified atom stereocenters. The van der Waals surface area contributed by atoms with Gasteiger partial charge in [0.2, 0.25) is 0 Å². The standard InChI is InChI=1S/C17H21F9O6/c1-5-14(4,12(29)31-8-15(18,19)20)7-13(2,3)11(28)30-6-9(27)32-10(16(21,22)23)17(24,25)26/h10H,5-8H2,1-4H3. The number of carbonyl (C=O) groups excluding carboxylic acids is 3. The highest BCUT2D eigenvalue weighted by Gasteiger charge is 2.60. The third-order valence-corrected chi connectivity index (χ3v) is 4.19. The minimum Gasteiger partial charge on any atom is -0.456 e. The molecule has 0 bridgehead atoms. The molecule has 0 spiro atoms. The van der Waals surface area contributed by atoms with E-state index in [9.17, 15) is 53.9 Å². The van der Waals surface area contributed by atoms with Crippen LogP contribution in [0.4, 0.5) is 39.5 Å². The maximum Gasteiger partial charge on any atom is 0.434 e. The second-order valence-corrected chi connectivity index (χ2v) is 7.70. The van der Waals surface area contributed by atoms with Crippen molar-refractivity contribution in [2.24, 2.45) is 10.8 Å². The predicted octanol–water partition coefficient (Wildman–Crippen LogP) is 4.50.